The van der Waals surface area contributed by atoms with Crippen LogP contribution in [0.25, 0.3) is 0 Å². The molecule has 2 rings (SSSR count). The summed E-state index contributed by atoms with van der Waals surface area (Å²) in [6.07, 6.45) is 3.24. The number of nitrogens with zero attached hydrogens (tertiary/aromatic N) is 1. The molecule has 0 aliphatic carbocycles. The fourth-order valence-corrected chi connectivity index (χ4v) is 2.24. The molecule has 1 aromatic carbocycles. The lowest BCUT2D eigenvalue weighted by Crippen LogP contribution is -2.25. The van der Waals surface area contributed by atoms with Gasteiger partial charge < -0.3 is 15.4 Å². The van der Waals surface area contributed by atoms with Gasteiger partial charge in [-0.15, -0.1) is 0 Å². The average Bonchev–Trinajstić information content (AvgIpc) is 2.68. The summed E-state index contributed by atoms with van der Waals surface area (Å²) in [5.41, 5.74) is 1.00. The molecule has 7 nitrogen and oxygen atoms in total. The summed E-state index contributed by atoms with van der Waals surface area (Å²) in [7, 11) is 1.27. The van der Waals surface area contributed by atoms with Crippen LogP contribution >= 0.6 is 0 Å². The minimum absolute atomic E-state index is 0.162. The zero-order valence-electron chi connectivity index (χ0n) is 14.7. The van der Waals surface area contributed by atoms with Crippen LogP contribution in [0.1, 0.15) is 51.0 Å². The SMILES string of the molecule is CCCCNC(=O)c1cc(C(=O)Nc2ccccc2C(=O)OC)ccn1. The van der Waals surface area contributed by atoms with Crippen molar-refractivity contribution in [3.8, 4) is 0 Å². The number of hydrogen-bond donors (Lipinski definition) is 2. The van der Waals surface area contributed by atoms with Gasteiger partial charge in [0.25, 0.3) is 11.8 Å². The Bertz CT molecular complexity index is 805. The summed E-state index contributed by atoms with van der Waals surface area (Å²) in [6, 6.07) is 9.44. The Hall–Kier alpha value is -3.22. The van der Waals surface area contributed by atoms with Crippen LogP contribution in [-0.2, 0) is 4.74 Å². The first kappa shape index (κ1) is 19.1. The molecule has 2 N–H and O–H groups in total. The van der Waals surface area contributed by atoms with Crippen LogP contribution < -0.4 is 10.6 Å². The van der Waals surface area contributed by atoms with Crippen LogP contribution in [0.4, 0.5) is 5.69 Å². The normalized spacial score (nSPS) is 10.1. The highest BCUT2D eigenvalue weighted by molar-refractivity contribution is 6.08. The molecule has 1 heterocycles. The Balaban J connectivity index is 2.15. The van der Waals surface area contributed by atoms with Gasteiger partial charge in [-0.2, -0.15) is 0 Å². The molecule has 0 aliphatic heterocycles. The Labute approximate surface area is 151 Å². The van der Waals surface area contributed by atoms with Gasteiger partial charge >= 0.3 is 5.97 Å². The molecule has 0 saturated heterocycles. The minimum Gasteiger partial charge on any atom is -0.465 e. The molecule has 0 aliphatic rings. The zero-order valence-corrected chi connectivity index (χ0v) is 14.7. The fraction of sp³-hybridized carbons (Fsp3) is 0.263. The summed E-state index contributed by atoms with van der Waals surface area (Å²) >= 11 is 0. The number of unbranched alkanes of at least 4 members (excludes halogenated alkanes) is 1. The highest BCUT2D eigenvalue weighted by atomic mass is 16.5. The summed E-state index contributed by atoms with van der Waals surface area (Å²) in [4.78, 5) is 40.3. The van der Waals surface area contributed by atoms with E-state index in [1.54, 1.807) is 24.3 Å². The van der Waals surface area contributed by atoms with E-state index in [1.807, 2.05) is 6.92 Å². The number of methoxy groups -OCH3 is 1. The smallest absolute Gasteiger partial charge is 0.339 e. The Morgan fingerprint density at radius 2 is 1.88 bits per heavy atom. The maximum Gasteiger partial charge on any atom is 0.339 e. The van der Waals surface area contributed by atoms with Crippen molar-refractivity contribution < 1.29 is 19.1 Å². The van der Waals surface area contributed by atoms with Crippen molar-refractivity contribution in [3.63, 3.8) is 0 Å². The molecule has 0 atom stereocenters. The quantitative estimate of drug-likeness (QED) is 0.588. The third-order valence-corrected chi connectivity index (χ3v) is 3.65. The third kappa shape index (κ3) is 4.89. The lowest BCUT2D eigenvalue weighted by molar-refractivity contribution is 0.0601. The number of carbonyl (C=O) groups is 3. The molecule has 136 valence electrons. The molecule has 1 aromatic heterocycles. The van der Waals surface area contributed by atoms with Gasteiger partial charge in [0.15, 0.2) is 0 Å². The molecule has 26 heavy (non-hydrogen) atoms. The maximum atomic E-state index is 12.5. The number of amides is 2. The third-order valence-electron chi connectivity index (χ3n) is 3.65. The van der Waals surface area contributed by atoms with E-state index in [9.17, 15) is 14.4 Å². The van der Waals surface area contributed by atoms with Gasteiger partial charge in [-0.05, 0) is 30.7 Å². The van der Waals surface area contributed by atoms with E-state index in [2.05, 4.69) is 15.6 Å². The molecule has 0 fully saturated rings. The molecule has 0 radical (unpaired) electrons. The lowest BCUT2D eigenvalue weighted by atomic mass is 10.1. The number of benzene rings is 1. The van der Waals surface area contributed by atoms with E-state index < -0.39 is 11.9 Å². The number of esters is 1. The molecule has 0 bridgehead atoms. The number of ether oxygens (including phenoxy) is 1. The van der Waals surface area contributed by atoms with Crippen molar-refractivity contribution in [2.75, 3.05) is 19.0 Å². The monoisotopic (exact) mass is 355 g/mol. The van der Waals surface area contributed by atoms with Crippen molar-refractivity contribution >= 4 is 23.5 Å². The second-order valence-corrected chi connectivity index (χ2v) is 5.53. The van der Waals surface area contributed by atoms with E-state index in [0.717, 1.165) is 12.8 Å². The first-order valence-corrected chi connectivity index (χ1v) is 8.29. The van der Waals surface area contributed by atoms with Gasteiger partial charge in [-0.1, -0.05) is 25.5 Å². The van der Waals surface area contributed by atoms with E-state index in [-0.39, 0.29) is 22.7 Å². The van der Waals surface area contributed by atoms with Crippen LogP contribution in [0.5, 0.6) is 0 Å². The Kier molecular flexibility index (Phi) is 6.84. The topological polar surface area (TPSA) is 97.4 Å². The number of nitrogens with one attached hydrogen (secondary N) is 2. The minimum atomic E-state index is -0.549. The highest BCUT2D eigenvalue weighted by Gasteiger charge is 2.16. The van der Waals surface area contributed by atoms with Crippen LogP contribution in [-0.4, -0.2) is 36.4 Å². The predicted octanol–water partition coefficient (Wildman–Crippen LogP) is 2.65. The molecular formula is C19H21N3O4. The van der Waals surface area contributed by atoms with E-state index in [1.165, 1.54) is 25.4 Å². The largest absolute Gasteiger partial charge is 0.465 e. The summed E-state index contributed by atoms with van der Waals surface area (Å²) in [5, 5.41) is 5.41. The molecule has 2 amide bonds. The maximum absolute atomic E-state index is 12.5. The highest BCUT2D eigenvalue weighted by Crippen LogP contribution is 2.17. The second kappa shape index (κ2) is 9.31. The molecule has 2 aromatic rings. The fourth-order valence-electron chi connectivity index (χ4n) is 2.24. The van der Waals surface area contributed by atoms with E-state index in [0.29, 0.717) is 12.2 Å². The number of anilines is 1. The Morgan fingerprint density at radius 3 is 2.62 bits per heavy atom. The van der Waals surface area contributed by atoms with Gasteiger partial charge in [0.2, 0.25) is 0 Å². The lowest BCUT2D eigenvalue weighted by Gasteiger charge is -2.10. The van der Waals surface area contributed by atoms with Crippen molar-refractivity contribution in [1.29, 1.82) is 0 Å². The number of rotatable bonds is 7. The second-order valence-electron chi connectivity index (χ2n) is 5.53. The zero-order chi connectivity index (χ0) is 18.9. The van der Waals surface area contributed by atoms with Crippen molar-refractivity contribution in [2.24, 2.45) is 0 Å². The number of hydrogen-bond acceptors (Lipinski definition) is 5. The molecule has 0 saturated carbocycles. The standard InChI is InChI=1S/C19H21N3O4/c1-3-4-10-21-18(24)16-12-13(9-11-20-16)17(23)22-15-8-6-5-7-14(15)19(25)26-2/h5-9,11-12H,3-4,10H2,1-2H3,(H,21,24)(H,22,23). The van der Waals surface area contributed by atoms with Crippen molar-refractivity contribution in [1.82, 2.24) is 10.3 Å². The summed E-state index contributed by atoms with van der Waals surface area (Å²) < 4.78 is 4.71. The van der Waals surface area contributed by atoms with Gasteiger partial charge in [-0.3, -0.25) is 14.6 Å². The van der Waals surface area contributed by atoms with Crippen molar-refractivity contribution in [2.45, 2.75) is 19.8 Å². The number of para-hydroxylation sites is 1. The van der Waals surface area contributed by atoms with Crippen LogP contribution in [0.3, 0.4) is 0 Å². The van der Waals surface area contributed by atoms with Gasteiger partial charge in [-0.25, -0.2) is 4.79 Å². The summed E-state index contributed by atoms with van der Waals surface area (Å²) in [6.45, 7) is 2.58. The van der Waals surface area contributed by atoms with E-state index >= 15 is 0 Å². The van der Waals surface area contributed by atoms with Crippen LogP contribution in [0.15, 0.2) is 42.6 Å². The predicted molar refractivity (Wildman–Crippen MR) is 97.2 cm³/mol. The average molecular weight is 355 g/mol. The molecular weight excluding hydrogens is 334 g/mol. The van der Waals surface area contributed by atoms with Gasteiger partial charge in [0.05, 0.1) is 18.4 Å². The van der Waals surface area contributed by atoms with Gasteiger partial charge in [0, 0.05) is 18.3 Å². The number of aromatic nitrogens is 1. The molecule has 0 spiro atoms. The number of pyridine rings is 1. The van der Waals surface area contributed by atoms with Crippen LogP contribution in [0.2, 0.25) is 0 Å². The molecule has 7 heteroatoms. The van der Waals surface area contributed by atoms with Crippen LogP contribution in [0, 0.1) is 0 Å². The molecule has 0 unspecified atom stereocenters. The Morgan fingerprint density at radius 1 is 1.12 bits per heavy atom. The van der Waals surface area contributed by atoms with Gasteiger partial charge in [0.1, 0.15) is 5.69 Å². The first-order chi connectivity index (χ1) is 12.6. The summed E-state index contributed by atoms with van der Waals surface area (Å²) in [5.74, 6) is -1.33. The van der Waals surface area contributed by atoms with Crippen molar-refractivity contribution in [3.05, 3.63) is 59.4 Å². The number of carbonyl (C=O) groups excluding carboxylic acids is 3. The van der Waals surface area contributed by atoms with E-state index in [4.69, 9.17) is 4.74 Å². The first-order valence-electron chi connectivity index (χ1n) is 8.29.